The molecule has 3 aliphatic heterocycles. The van der Waals surface area contributed by atoms with Gasteiger partial charge in [-0.25, -0.2) is 9.59 Å². The third kappa shape index (κ3) is 3.26. The van der Waals surface area contributed by atoms with Gasteiger partial charge in [0.05, 0.1) is 0 Å². The molecule has 7 heteroatoms. The zero-order valence-corrected chi connectivity index (χ0v) is 15.3. The number of benzene rings is 1. The molecule has 0 aliphatic carbocycles. The van der Waals surface area contributed by atoms with E-state index in [1.165, 1.54) is 4.90 Å². The Morgan fingerprint density at radius 3 is 2.30 bits per heavy atom. The second-order valence-electron chi connectivity index (χ2n) is 7.62. The average molecular weight is 371 g/mol. The number of amides is 3. The molecule has 0 radical (unpaired) electrons. The van der Waals surface area contributed by atoms with Gasteiger partial charge in [-0.2, -0.15) is 0 Å². The molecule has 2 saturated heterocycles. The number of urea groups is 1. The molecule has 2 atom stereocenters. The van der Waals surface area contributed by atoms with E-state index in [4.69, 9.17) is 0 Å². The molecule has 0 aromatic heterocycles. The van der Waals surface area contributed by atoms with Crippen LogP contribution in [0.4, 0.5) is 4.79 Å². The van der Waals surface area contributed by atoms with E-state index in [2.05, 4.69) is 0 Å². The molecule has 1 aromatic carbocycles. The van der Waals surface area contributed by atoms with Gasteiger partial charge in [-0.1, -0.05) is 24.3 Å². The smallest absolute Gasteiger partial charge is 0.326 e. The summed E-state index contributed by atoms with van der Waals surface area (Å²) in [6.07, 6.45) is 3.58. The van der Waals surface area contributed by atoms with Crippen LogP contribution < -0.4 is 0 Å². The van der Waals surface area contributed by atoms with Crippen LogP contribution >= 0.6 is 0 Å². The number of carboxylic acids is 1. The quantitative estimate of drug-likeness (QED) is 0.858. The maximum absolute atomic E-state index is 13.3. The first-order chi connectivity index (χ1) is 13.1. The summed E-state index contributed by atoms with van der Waals surface area (Å²) in [5, 5.41) is 9.45. The molecule has 0 saturated carbocycles. The number of hydrogen-bond donors (Lipinski definition) is 1. The second-order valence-corrected chi connectivity index (χ2v) is 7.62. The third-order valence-electron chi connectivity index (χ3n) is 5.98. The molecule has 7 nitrogen and oxygen atoms in total. The molecule has 0 spiro atoms. The average Bonchev–Trinajstić information content (AvgIpc) is 3.37. The van der Waals surface area contributed by atoms with Gasteiger partial charge in [-0.15, -0.1) is 0 Å². The Hall–Kier alpha value is -2.57. The Bertz CT molecular complexity index is 759. The van der Waals surface area contributed by atoms with Gasteiger partial charge in [-0.05, 0) is 36.8 Å². The van der Waals surface area contributed by atoms with Crippen LogP contribution in [0.2, 0.25) is 0 Å². The zero-order chi connectivity index (χ0) is 19.0. The standard InChI is InChI=1S/C20H25N3O4/c24-18(22-11-5-8-16(22)19(25)26)17-12-14-6-1-2-7-15(14)13-23(17)20(27)21-9-3-4-10-21/h1-2,6-7,16-17H,3-5,8-13H2,(H,25,26)/t16-,17-/m0/s1. The molecule has 0 unspecified atom stereocenters. The van der Waals surface area contributed by atoms with Crippen molar-refractivity contribution in [3.8, 4) is 0 Å². The van der Waals surface area contributed by atoms with Crippen molar-refractivity contribution in [2.45, 2.75) is 50.7 Å². The Kier molecular flexibility index (Phi) is 4.76. The number of likely N-dealkylation sites (tertiary alicyclic amines) is 2. The van der Waals surface area contributed by atoms with Crippen LogP contribution in [-0.4, -0.2) is 69.4 Å². The number of aliphatic carboxylic acids is 1. The third-order valence-corrected chi connectivity index (χ3v) is 5.98. The van der Waals surface area contributed by atoms with Gasteiger partial charge in [0.25, 0.3) is 0 Å². The molecule has 3 heterocycles. The summed E-state index contributed by atoms with van der Waals surface area (Å²) in [6.45, 7) is 2.28. The first kappa shape index (κ1) is 17.8. The lowest BCUT2D eigenvalue weighted by Crippen LogP contribution is -2.57. The molecule has 1 N–H and O–H groups in total. The van der Waals surface area contributed by atoms with Crippen LogP contribution in [0.1, 0.15) is 36.8 Å². The van der Waals surface area contributed by atoms with E-state index in [-0.39, 0.29) is 11.9 Å². The molecule has 0 bridgehead atoms. The van der Waals surface area contributed by atoms with Gasteiger partial charge < -0.3 is 19.8 Å². The highest BCUT2D eigenvalue weighted by Gasteiger charge is 2.43. The normalized spacial score (nSPS) is 24.8. The van der Waals surface area contributed by atoms with E-state index in [0.717, 1.165) is 37.1 Å². The zero-order valence-electron chi connectivity index (χ0n) is 15.3. The number of nitrogens with zero attached hydrogens (tertiary/aromatic N) is 3. The van der Waals surface area contributed by atoms with Crippen molar-refractivity contribution in [2.75, 3.05) is 19.6 Å². The molecule has 144 valence electrons. The number of carbonyl (C=O) groups is 3. The summed E-state index contributed by atoms with van der Waals surface area (Å²) in [4.78, 5) is 42.9. The Labute approximate surface area is 158 Å². The fraction of sp³-hybridized carbons (Fsp3) is 0.550. The molecule has 27 heavy (non-hydrogen) atoms. The van der Waals surface area contributed by atoms with Crippen LogP contribution in [0, 0.1) is 0 Å². The fourth-order valence-electron chi connectivity index (χ4n) is 4.51. The van der Waals surface area contributed by atoms with Crippen molar-refractivity contribution in [1.29, 1.82) is 0 Å². The van der Waals surface area contributed by atoms with Crippen molar-refractivity contribution < 1.29 is 19.5 Å². The van der Waals surface area contributed by atoms with E-state index in [1.54, 1.807) is 4.90 Å². The van der Waals surface area contributed by atoms with Gasteiger partial charge in [0.1, 0.15) is 12.1 Å². The van der Waals surface area contributed by atoms with Crippen LogP contribution in [0.3, 0.4) is 0 Å². The van der Waals surface area contributed by atoms with Crippen molar-refractivity contribution in [3.63, 3.8) is 0 Å². The number of rotatable bonds is 2. The molecule has 1 aromatic rings. The minimum absolute atomic E-state index is 0.105. The highest BCUT2D eigenvalue weighted by atomic mass is 16.4. The van der Waals surface area contributed by atoms with Crippen LogP contribution in [0.25, 0.3) is 0 Å². The van der Waals surface area contributed by atoms with Crippen LogP contribution in [0.5, 0.6) is 0 Å². The highest BCUT2D eigenvalue weighted by molar-refractivity contribution is 5.91. The van der Waals surface area contributed by atoms with Gasteiger partial charge in [0, 0.05) is 32.6 Å². The monoisotopic (exact) mass is 371 g/mol. The topological polar surface area (TPSA) is 81.2 Å². The minimum atomic E-state index is -0.963. The number of carbonyl (C=O) groups excluding carboxylic acids is 2. The lowest BCUT2D eigenvalue weighted by Gasteiger charge is -2.40. The Balaban J connectivity index is 1.63. The molecule has 3 aliphatic rings. The SMILES string of the molecule is O=C(O)[C@@H]1CCCN1C(=O)[C@@H]1Cc2ccccc2CN1C(=O)N1CCCC1. The Morgan fingerprint density at radius 2 is 1.59 bits per heavy atom. The summed E-state index contributed by atoms with van der Waals surface area (Å²) < 4.78 is 0. The van der Waals surface area contributed by atoms with Crippen molar-refractivity contribution in [3.05, 3.63) is 35.4 Å². The molecule has 3 amide bonds. The first-order valence-corrected chi connectivity index (χ1v) is 9.72. The molecular formula is C20H25N3O4. The molecule has 2 fully saturated rings. The summed E-state index contributed by atoms with van der Waals surface area (Å²) in [5.74, 6) is -1.20. The lowest BCUT2D eigenvalue weighted by atomic mass is 9.93. The first-order valence-electron chi connectivity index (χ1n) is 9.72. The lowest BCUT2D eigenvalue weighted by molar-refractivity contribution is -0.150. The minimum Gasteiger partial charge on any atom is -0.480 e. The van der Waals surface area contributed by atoms with Crippen LogP contribution in [0.15, 0.2) is 24.3 Å². The number of carboxylic acid groups (broad SMARTS) is 1. The van der Waals surface area contributed by atoms with E-state index in [0.29, 0.717) is 32.4 Å². The predicted octanol–water partition coefficient (Wildman–Crippen LogP) is 1.70. The number of fused-ring (bicyclic) bond motifs is 1. The van der Waals surface area contributed by atoms with E-state index < -0.39 is 18.1 Å². The largest absolute Gasteiger partial charge is 0.480 e. The van der Waals surface area contributed by atoms with Crippen molar-refractivity contribution >= 4 is 17.9 Å². The van der Waals surface area contributed by atoms with Crippen molar-refractivity contribution in [2.24, 2.45) is 0 Å². The highest BCUT2D eigenvalue weighted by Crippen LogP contribution is 2.29. The molecule has 4 rings (SSSR count). The van der Waals surface area contributed by atoms with Crippen LogP contribution in [-0.2, 0) is 22.6 Å². The maximum Gasteiger partial charge on any atom is 0.326 e. The van der Waals surface area contributed by atoms with E-state index >= 15 is 0 Å². The predicted molar refractivity (Wildman–Crippen MR) is 98.1 cm³/mol. The van der Waals surface area contributed by atoms with Gasteiger partial charge >= 0.3 is 12.0 Å². The molecular weight excluding hydrogens is 346 g/mol. The van der Waals surface area contributed by atoms with E-state index in [1.807, 2.05) is 29.2 Å². The number of hydrogen-bond acceptors (Lipinski definition) is 3. The van der Waals surface area contributed by atoms with Crippen molar-refractivity contribution in [1.82, 2.24) is 14.7 Å². The maximum atomic E-state index is 13.3. The summed E-state index contributed by atoms with van der Waals surface area (Å²) >= 11 is 0. The van der Waals surface area contributed by atoms with E-state index in [9.17, 15) is 19.5 Å². The summed E-state index contributed by atoms with van der Waals surface area (Å²) in [6, 6.07) is 6.36. The summed E-state index contributed by atoms with van der Waals surface area (Å²) in [7, 11) is 0. The Morgan fingerprint density at radius 1 is 0.889 bits per heavy atom. The van der Waals surface area contributed by atoms with Gasteiger partial charge in [-0.3, -0.25) is 4.79 Å². The fourth-order valence-corrected chi connectivity index (χ4v) is 4.51. The van der Waals surface area contributed by atoms with Gasteiger partial charge in [0.15, 0.2) is 0 Å². The summed E-state index contributed by atoms with van der Waals surface area (Å²) in [5.41, 5.74) is 2.12. The second kappa shape index (κ2) is 7.21. The van der Waals surface area contributed by atoms with Gasteiger partial charge in [0.2, 0.25) is 5.91 Å².